The van der Waals surface area contributed by atoms with Gasteiger partial charge >= 0.3 is 0 Å². The summed E-state index contributed by atoms with van der Waals surface area (Å²) in [5.74, 6) is 2.44. The Morgan fingerprint density at radius 2 is 1.81 bits per heavy atom. The van der Waals surface area contributed by atoms with Crippen molar-refractivity contribution < 1.29 is 4.74 Å². The predicted molar refractivity (Wildman–Crippen MR) is 83.2 cm³/mol. The van der Waals surface area contributed by atoms with E-state index < -0.39 is 0 Å². The second-order valence-corrected chi connectivity index (χ2v) is 6.01. The third kappa shape index (κ3) is 3.21. The molecular weight excluding hydrogens is 290 g/mol. The fourth-order valence-electron chi connectivity index (χ4n) is 2.96. The van der Waals surface area contributed by atoms with Crippen LogP contribution in [-0.4, -0.2) is 46.3 Å². The van der Waals surface area contributed by atoms with E-state index in [0.29, 0.717) is 18.2 Å². The molecule has 1 aromatic heterocycles. The van der Waals surface area contributed by atoms with Crippen molar-refractivity contribution in [3.8, 4) is 0 Å². The van der Waals surface area contributed by atoms with Crippen molar-refractivity contribution in [3.05, 3.63) is 5.82 Å². The van der Waals surface area contributed by atoms with Crippen LogP contribution in [-0.2, 0) is 11.2 Å². The number of morpholine rings is 1. The Morgan fingerprint density at radius 1 is 1.10 bits per heavy atom. The van der Waals surface area contributed by atoms with Gasteiger partial charge in [-0.15, -0.1) is 12.4 Å². The first-order valence-corrected chi connectivity index (χ1v) is 7.72. The van der Waals surface area contributed by atoms with Crippen LogP contribution in [0.15, 0.2) is 0 Å². The lowest BCUT2D eigenvalue weighted by atomic mass is 10.2. The number of halogens is 1. The lowest BCUT2D eigenvalue weighted by molar-refractivity contribution is 0.0299. The van der Waals surface area contributed by atoms with Gasteiger partial charge < -0.3 is 15.0 Å². The van der Waals surface area contributed by atoms with Gasteiger partial charge in [0.1, 0.15) is 5.82 Å². The zero-order valence-electron chi connectivity index (χ0n) is 12.3. The molecule has 0 spiro atoms. The molecule has 1 aliphatic carbocycles. The third-order valence-corrected chi connectivity index (χ3v) is 4.22. The number of hydrogen-bond acceptors (Lipinski definition) is 6. The highest BCUT2D eigenvalue weighted by Gasteiger charge is 2.35. The van der Waals surface area contributed by atoms with Gasteiger partial charge in [-0.2, -0.15) is 15.0 Å². The van der Waals surface area contributed by atoms with E-state index >= 15 is 0 Å². The van der Waals surface area contributed by atoms with Crippen LogP contribution in [0, 0.1) is 0 Å². The molecule has 2 atom stereocenters. The summed E-state index contributed by atoms with van der Waals surface area (Å²) in [5, 5.41) is 3.39. The molecular formula is C14H22ClN5O. The molecule has 21 heavy (non-hydrogen) atoms. The molecule has 1 N–H and O–H groups in total. The number of anilines is 2. The topological polar surface area (TPSA) is 63.2 Å². The van der Waals surface area contributed by atoms with Crippen LogP contribution in [0.3, 0.4) is 0 Å². The fraction of sp³-hybridized carbons (Fsp3) is 0.786. The van der Waals surface area contributed by atoms with Crippen LogP contribution < -0.4 is 10.2 Å². The smallest absolute Gasteiger partial charge is 0.230 e. The van der Waals surface area contributed by atoms with E-state index in [0.717, 1.165) is 37.2 Å². The molecule has 3 aliphatic rings. The minimum Gasteiger partial charge on any atom is -0.371 e. The lowest BCUT2D eigenvalue weighted by Gasteiger charge is -2.32. The van der Waals surface area contributed by atoms with Gasteiger partial charge in [-0.05, 0) is 25.7 Å². The van der Waals surface area contributed by atoms with E-state index in [9.17, 15) is 0 Å². The summed E-state index contributed by atoms with van der Waals surface area (Å²) in [7, 11) is 0. The zero-order chi connectivity index (χ0) is 13.5. The number of rotatable bonds is 4. The van der Waals surface area contributed by atoms with Crippen LogP contribution in [0.5, 0.6) is 0 Å². The Bertz CT molecular complexity index is 498. The average Bonchev–Trinajstić information content (AvgIpc) is 3.22. The number of fused-ring (bicyclic) bond motifs is 2. The van der Waals surface area contributed by atoms with Crippen LogP contribution in [0.4, 0.5) is 11.9 Å². The SMILES string of the molecule is CCc1nc(NC2CC2)nc(N2CC3CCC(C2)O3)n1.Cl. The first-order valence-electron chi connectivity index (χ1n) is 7.72. The molecule has 4 rings (SSSR count). The Morgan fingerprint density at radius 3 is 2.43 bits per heavy atom. The van der Waals surface area contributed by atoms with Crippen LogP contribution in [0.25, 0.3) is 0 Å². The molecule has 116 valence electrons. The molecule has 0 amide bonds. The molecule has 2 aliphatic heterocycles. The maximum absolute atomic E-state index is 5.88. The Labute approximate surface area is 131 Å². The molecule has 0 radical (unpaired) electrons. The highest BCUT2D eigenvalue weighted by molar-refractivity contribution is 5.85. The van der Waals surface area contributed by atoms with E-state index in [1.165, 1.54) is 25.7 Å². The molecule has 2 bridgehead atoms. The van der Waals surface area contributed by atoms with Crippen LogP contribution in [0.1, 0.15) is 38.4 Å². The summed E-state index contributed by atoms with van der Waals surface area (Å²) in [6, 6.07) is 0.566. The van der Waals surface area contributed by atoms with Gasteiger partial charge in [-0.3, -0.25) is 0 Å². The second-order valence-electron chi connectivity index (χ2n) is 6.01. The van der Waals surface area contributed by atoms with E-state index in [1.54, 1.807) is 0 Å². The summed E-state index contributed by atoms with van der Waals surface area (Å²) in [6.45, 7) is 3.90. The molecule has 2 unspecified atom stereocenters. The van der Waals surface area contributed by atoms with Gasteiger partial charge in [0, 0.05) is 25.6 Å². The Balaban J connectivity index is 0.00000132. The maximum Gasteiger partial charge on any atom is 0.230 e. The van der Waals surface area contributed by atoms with Gasteiger partial charge in [0.05, 0.1) is 12.2 Å². The zero-order valence-corrected chi connectivity index (χ0v) is 13.1. The van der Waals surface area contributed by atoms with E-state index in [1.807, 2.05) is 0 Å². The van der Waals surface area contributed by atoms with Crippen molar-refractivity contribution in [2.45, 2.75) is 57.3 Å². The van der Waals surface area contributed by atoms with Crippen molar-refractivity contribution in [1.82, 2.24) is 15.0 Å². The number of aryl methyl sites for hydroxylation is 1. The summed E-state index contributed by atoms with van der Waals surface area (Å²) < 4.78 is 5.88. The number of nitrogens with one attached hydrogen (secondary N) is 1. The van der Waals surface area contributed by atoms with Gasteiger partial charge in [-0.25, -0.2) is 0 Å². The van der Waals surface area contributed by atoms with Gasteiger partial charge in [0.15, 0.2) is 0 Å². The van der Waals surface area contributed by atoms with Crippen molar-refractivity contribution >= 4 is 24.3 Å². The monoisotopic (exact) mass is 311 g/mol. The second kappa shape index (κ2) is 5.93. The molecule has 7 heteroatoms. The van der Waals surface area contributed by atoms with Crippen molar-refractivity contribution in [2.75, 3.05) is 23.3 Å². The number of aromatic nitrogens is 3. The lowest BCUT2D eigenvalue weighted by Crippen LogP contribution is -2.43. The van der Waals surface area contributed by atoms with Crippen LogP contribution in [0.2, 0.25) is 0 Å². The van der Waals surface area contributed by atoms with Crippen molar-refractivity contribution in [2.24, 2.45) is 0 Å². The minimum absolute atomic E-state index is 0. The minimum atomic E-state index is 0. The highest BCUT2D eigenvalue weighted by Crippen LogP contribution is 2.29. The number of ether oxygens (including phenoxy) is 1. The molecule has 1 aromatic rings. The fourth-order valence-corrected chi connectivity index (χ4v) is 2.96. The summed E-state index contributed by atoms with van der Waals surface area (Å²) in [6.07, 6.45) is 6.34. The largest absolute Gasteiger partial charge is 0.371 e. The average molecular weight is 312 g/mol. The van der Waals surface area contributed by atoms with Gasteiger partial charge in [0.25, 0.3) is 0 Å². The summed E-state index contributed by atoms with van der Waals surface area (Å²) in [4.78, 5) is 16.0. The van der Waals surface area contributed by atoms with Gasteiger partial charge in [-0.1, -0.05) is 6.92 Å². The molecule has 3 fully saturated rings. The summed E-state index contributed by atoms with van der Waals surface area (Å²) in [5.41, 5.74) is 0. The van der Waals surface area contributed by atoms with E-state index in [4.69, 9.17) is 4.74 Å². The molecule has 3 heterocycles. The van der Waals surface area contributed by atoms with Crippen LogP contribution >= 0.6 is 12.4 Å². The van der Waals surface area contributed by atoms with Gasteiger partial charge in [0.2, 0.25) is 11.9 Å². The molecule has 0 aromatic carbocycles. The molecule has 6 nitrogen and oxygen atoms in total. The quantitative estimate of drug-likeness (QED) is 0.915. The normalized spacial score (nSPS) is 27.4. The first-order chi connectivity index (χ1) is 9.80. The maximum atomic E-state index is 5.88. The highest BCUT2D eigenvalue weighted by atomic mass is 35.5. The molecule has 2 saturated heterocycles. The number of nitrogens with zero attached hydrogens (tertiary/aromatic N) is 4. The Kier molecular flexibility index (Phi) is 4.17. The number of hydrogen-bond donors (Lipinski definition) is 1. The third-order valence-electron chi connectivity index (χ3n) is 4.22. The van der Waals surface area contributed by atoms with Crippen molar-refractivity contribution in [3.63, 3.8) is 0 Å². The van der Waals surface area contributed by atoms with E-state index in [2.05, 4.69) is 32.1 Å². The van der Waals surface area contributed by atoms with E-state index in [-0.39, 0.29) is 12.4 Å². The summed E-state index contributed by atoms with van der Waals surface area (Å²) >= 11 is 0. The first kappa shape index (κ1) is 14.8. The van der Waals surface area contributed by atoms with Crippen molar-refractivity contribution in [1.29, 1.82) is 0 Å². The molecule has 1 saturated carbocycles. The Hall–Kier alpha value is -1.14. The standard InChI is InChI=1S/C14H21N5O.ClH/c1-2-12-16-13(15-9-3-4-9)18-14(17-12)19-7-10-5-6-11(8-19)20-10;/h9-11H,2-8H2,1H3,(H,15,16,17,18);1H. The predicted octanol–water partition coefficient (Wildman–Crippen LogP) is 1.80.